The molecule has 0 spiro atoms. The highest BCUT2D eigenvalue weighted by Crippen LogP contribution is 2.39. The van der Waals surface area contributed by atoms with Crippen LogP contribution in [0, 0.1) is 11.8 Å². The number of hydrogen-bond acceptors (Lipinski definition) is 6. The molecule has 6 heteroatoms. The highest BCUT2D eigenvalue weighted by Gasteiger charge is 2.40. The molecule has 1 heterocycles. The smallest absolute Gasteiger partial charge is 0.338 e. The second kappa shape index (κ2) is 12.3. The van der Waals surface area contributed by atoms with Crippen molar-refractivity contribution in [2.75, 3.05) is 0 Å². The van der Waals surface area contributed by atoms with Gasteiger partial charge in [-0.1, -0.05) is 48.6 Å². The Morgan fingerprint density at radius 3 is 2.17 bits per heavy atom. The summed E-state index contributed by atoms with van der Waals surface area (Å²) in [7, 11) is 0. The molecule has 0 aromatic heterocycles. The van der Waals surface area contributed by atoms with E-state index in [1.807, 2.05) is 19.1 Å². The summed E-state index contributed by atoms with van der Waals surface area (Å²) in [5.74, 6) is -1.44. The van der Waals surface area contributed by atoms with Crippen LogP contribution in [0.1, 0.15) is 59.7 Å². The minimum Gasteiger partial charge on any atom is -0.460 e. The molecular weight excluding hydrogens is 456 g/mol. The third-order valence-electron chi connectivity index (χ3n) is 6.68. The number of benzene rings is 2. The van der Waals surface area contributed by atoms with Crippen molar-refractivity contribution >= 4 is 17.9 Å². The van der Waals surface area contributed by atoms with Crippen LogP contribution >= 0.6 is 0 Å². The van der Waals surface area contributed by atoms with Gasteiger partial charge in [0.1, 0.15) is 12.2 Å². The van der Waals surface area contributed by atoms with Gasteiger partial charge in [-0.2, -0.15) is 0 Å². The van der Waals surface area contributed by atoms with Crippen LogP contribution in [0.3, 0.4) is 0 Å². The molecule has 0 N–H and O–H groups in total. The molecule has 6 nitrogen and oxygen atoms in total. The largest absolute Gasteiger partial charge is 0.460 e. The van der Waals surface area contributed by atoms with E-state index in [0.717, 1.165) is 19.3 Å². The summed E-state index contributed by atoms with van der Waals surface area (Å²) in [6.07, 6.45) is 9.66. The number of fused-ring (bicyclic) bond motifs is 1. The van der Waals surface area contributed by atoms with Gasteiger partial charge >= 0.3 is 17.9 Å². The lowest BCUT2D eigenvalue weighted by Gasteiger charge is -2.25. The minimum absolute atomic E-state index is 0.0194. The van der Waals surface area contributed by atoms with E-state index in [1.54, 1.807) is 54.6 Å². The third kappa shape index (κ3) is 6.94. The highest BCUT2D eigenvalue weighted by molar-refractivity contribution is 5.90. The van der Waals surface area contributed by atoms with Crippen molar-refractivity contribution in [3.05, 3.63) is 96.1 Å². The molecule has 2 aliphatic rings. The van der Waals surface area contributed by atoms with Gasteiger partial charge in [0.05, 0.1) is 17.2 Å². The Morgan fingerprint density at radius 1 is 0.861 bits per heavy atom. The molecule has 1 aliphatic carbocycles. The van der Waals surface area contributed by atoms with Crippen molar-refractivity contribution < 1.29 is 28.6 Å². The highest BCUT2D eigenvalue weighted by atomic mass is 16.6. The lowest BCUT2D eigenvalue weighted by Crippen LogP contribution is -2.28. The molecule has 0 saturated heterocycles. The van der Waals surface area contributed by atoms with Gasteiger partial charge in [-0.15, -0.1) is 0 Å². The van der Waals surface area contributed by atoms with Gasteiger partial charge in [-0.05, 0) is 75.3 Å². The second-order valence-corrected chi connectivity index (χ2v) is 9.39. The summed E-state index contributed by atoms with van der Waals surface area (Å²) in [4.78, 5) is 38.1. The molecular formula is C30H32O6. The van der Waals surface area contributed by atoms with Gasteiger partial charge in [-0.3, -0.25) is 0 Å². The summed E-state index contributed by atoms with van der Waals surface area (Å²) in [6, 6.07) is 17.7. The summed E-state index contributed by atoms with van der Waals surface area (Å²) < 4.78 is 17.3. The molecule has 2 aromatic rings. The summed E-state index contributed by atoms with van der Waals surface area (Å²) in [5.41, 5.74) is 0.932. The number of rotatable bonds is 4. The van der Waals surface area contributed by atoms with Gasteiger partial charge < -0.3 is 14.2 Å². The lowest BCUT2D eigenvalue weighted by atomic mass is 9.89. The first-order valence-electron chi connectivity index (χ1n) is 12.6. The van der Waals surface area contributed by atoms with E-state index in [-0.39, 0.29) is 30.0 Å². The molecule has 1 saturated carbocycles. The number of cyclic esters (lactones) is 1. The Labute approximate surface area is 211 Å². The second-order valence-electron chi connectivity index (χ2n) is 9.39. The average molecular weight is 489 g/mol. The molecule has 1 fully saturated rings. The molecule has 5 atom stereocenters. The summed E-state index contributed by atoms with van der Waals surface area (Å²) >= 11 is 0. The Bertz CT molecular complexity index is 1090. The molecule has 4 rings (SSSR count). The van der Waals surface area contributed by atoms with Crippen LogP contribution in [0.25, 0.3) is 0 Å². The number of carbonyl (C=O) groups is 3. The van der Waals surface area contributed by atoms with Crippen LogP contribution in [-0.4, -0.2) is 36.2 Å². The predicted octanol–water partition coefficient (Wildman–Crippen LogP) is 5.69. The van der Waals surface area contributed by atoms with Crippen LogP contribution in [0.15, 0.2) is 85.0 Å². The van der Waals surface area contributed by atoms with E-state index in [4.69, 9.17) is 14.2 Å². The number of hydrogen-bond donors (Lipinski definition) is 0. The molecule has 0 bridgehead atoms. The van der Waals surface area contributed by atoms with Crippen molar-refractivity contribution in [2.24, 2.45) is 11.8 Å². The van der Waals surface area contributed by atoms with E-state index in [9.17, 15) is 14.4 Å². The Balaban J connectivity index is 1.57. The molecule has 188 valence electrons. The Morgan fingerprint density at radius 2 is 1.50 bits per heavy atom. The van der Waals surface area contributed by atoms with Crippen LogP contribution in [-0.2, 0) is 19.0 Å². The van der Waals surface area contributed by atoms with E-state index >= 15 is 0 Å². The van der Waals surface area contributed by atoms with Gasteiger partial charge in [0.25, 0.3) is 0 Å². The number of allylic oxidation sites excluding steroid dienone is 2. The first-order chi connectivity index (χ1) is 17.5. The predicted molar refractivity (Wildman–Crippen MR) is 135 cm³/mol. The van der Waals surface area contributed by atoms with Crippen LogP contribution in [0.5, 0.6) is 0 Å². The van der Waals surface area contributed by atoms with Crippen LogP contribution in [0.4, 0.5) is 0 Å². The zero-order valence-corrected chi connectivity index (χ0v) is 20.5. The van der Waals surface area contributed by atoms with Crippen LogP contribution in [0.2, 0.25) is 0 Å². The minimum atomic E-state index is -0.684. The fourth-order valence-electron chi connectivity index (χ4n) is 4.84. The van der Waals surface area contributed by atoms with Gasteiger partial charge in [0, 0.05) is 12.0 Å². The summed E-state index contributed by atoms with van der Waals surface area (Å²) in [6.45, 7) is 1.88. The van der Waals surface area contributed by atoms with Gasteiger partial charge in [0.2, 0.25) is 0 Å². The van der Waals surface area contributed by atoms with E-state index in [1.165, 1.54) is 6.08 Å². The van der Waals surface area contributed by atoms with Crippen molar-refractivity contribution in [1.29, 1.82) is 0 Å². The molecule has 2 aromatic carbocycles. The number of carbonyl (C=O) groups excluding carboxylic acids is 3. The zero-order chi connectivity index (χ0) is 25.3. The molecule has 1 aliphatic heterocycles. The fraction of sp³-hybridized carbons (Fsp3) is 0.367. The topological polar surface area (TPSA) is 78.9 Å². The van der Waals surface area contributed by atoms with E-state index in [2.05, 4.69) is 12.2 Å². The fourth-order valence-corrected chi connectivity index (χ4v) is 4.84. The maximum Gasteiger partial charge on any atom is 0.338 e. The summed E-state index contributed by atoms with van der Waals surface area (Å²) in [5, 5.41) is 0. The first kappa shape index (κ1) is 25.4. The average Bonchev–Trinajstić information content (AvgIpc) is 3.29. The quantitative estimate of drug-likeness (QED) is 0.312. The van der Waals surface area contributed by atoms with Crippen molar-refractivity contribution in [1.82, 2.24) is 0 Å². The zero-order valence-electron chi connectivity index (χ0n) is 20.5. The maximum atomic E-state index is 12.9. The lowest BCUT2D eigenvalue weighted by molar-refractivity contribution is -0.142. The monoisotopic (exact) mass is 488 g/mol. The Kier molecular flexibility index (Phi) is 8.71. The van der Waals surface area contributed by atoms with E-state index < -0.39 is 18.0 Å². The molecule has 0 amide bonds. The normalized spacial score (nSPS) is 28.2. The van der Waals surface area contributed by atoms with Crippen molar-refractivity contribution in [3.8, 4) is 0 Å². The van der Waals surface area contributed by atoms with E-state index in [0.29, 0.717) is 24.0 Å². The molecule has 0 radical (unpaired) electrons. The van der Waals surface area contributed by atoms with Crippen LogP contribution < -0.4 is 0 Å². The van der Waals surface area contributed by atoms with Crippen molar-refractivity contribution in [2.45, 2.75) is 57.3 Å². The van der Waals surface area contributed by atoms with Gasteiger partial charge in [0.15, 0.2) is 0 Å². The number of ether oxygens (including phenoxy) is 3. The molecule has 0 unspecified atom stereocenters. The first-order valence-corrected chi connectivity index (χ1v) is 12.6. The van der Waals surface area contributed by atoms with Gasteiger partial charge in [-0.25, -0.2) is 14.4 Å². The standard InChI is InChI=1S/C30H32O6/c1-21-11-5-2-10-16-24-19-25(35-29(32)22-12-6-3-7-13-22)20-26(24)27(17-18-28(31)34-21)36-30(33)23-14-8-4-9-15-23/h3-4,6-10,12-18,21,24-27H,2,5,11,19-20H2,1H3/b16-10+,18-17+/t21-,24+,25-,26+,27+/m0/s1. The number of esters is 3. The SMILES string of the molecule is C[C@H]1CCC/C=C/[C@@H]2C[C@H](OC(=O)c3ccccc3)C[C@H]2[C@H](OC(=O)c2ccccc2)/C=C/C(=O)O1. The van der Waals surface area contributed by atoms with Crippen molar-refractivity contribution in [3.63, 3.8) is 0 Å². The third-order valence-corrected chi connectivity index (χ3v) is 6.68. The maximum absolute atomic E-state index is 12.9. The molecule has 36 heavy (non-hydrogen) atoms. The Hall–Kier alpha value is -3.67.